The van der Waals surface area contributed by atoms with Crippen molar-refractivity contribution >= 4 is 10.0 Å². The number of aromatic amines is 1. The van der Waals surface area contributed by atoms with Gasteiger partial charge in [-0.15, -0.1) is 0 Å². The number of nitrogens with zero attached hydrogens (tertiary/aromatic N) is 1. The van der Waals surface area contributed by atoms with Crippen LogP contribution in [0.25, 0.3) is 0 Å². The van der Waals surface area contributed by atoms with Crippen molar-refractivity contribution in [1.29, 1.82) is 0 Å². The molecule has 7 nitrogen and oxygen atoms in total. The third kappa shape index (κ3) is 4.27. The minimum absolute atomic E-state index is 0.116. The van der Waals surface area contributed by atoms with E-state index in [2.05, 4.69) is 20.2 Å². The Labute approximate surface area is 119 Å². The molecule has 0 amide bonds. The van der Waals surface area contributed by atoms with Crippen molar-refractivity contribution in [2.75, 3.05) is 20.3 Å². The topological polar surface area (TPSA) is 96.1 Å². The van der Waals surface area contributed by atoms with Gasteiger partial charge in [0.05, 0.1) is 6.20 Å². The third-order valence-corrected chi connectivity index (χ3v) is 4.62. The quantitative estimate of drug-likeness (QED) is 0.606. The van der Waals surface area contributed by atoms with Crippen LogP contribution in [0.1, 0.15) is 25.3 Å². The number of nitrogens with one attached hydrogen (secondary N) is 3. The van der Waals surface area contributed by atoms with E-state index in [4.69, 9.17) is 4.74 Å². The van der Waals surface area contributed by atoms with E-state index < -0.39 is 10.0 Å². The van der Waals surface area contributed by atoms with E-state index in [-0.39, 0.29) is 10.9 Å². The van der Waals surface area contributed by atoms with Gasteiger partial charge in [-0.3, -0.25) is 5.10 Å². The second-order valence-corrected chi connectivity index (χ2v) is 7.00. The average molecular weight is 302 g/mol. The van der Waals surface area contributed by atoms with Crippen molar-refractivity contribution in [3.63, 3.8) is 0 Å². The zero-order valence-corrected chi connectivity index (χ0v) is 12.7. The molecule has 114 valence electrons. The van der Waals surface area contributed by atoms with E-state index in [1.54, 1.807) is 13.3 Å². The van der Waals surface area contributed by atoms with Crippen molar-refractivity contribution in [1.82, 2.24) is 20.2 Å². The Morgan fingerprint density at radius 2 is 2.30 bits per heavy atom. The van der Waals surface area contributed by atoms with E-state index in [9.17, 15) is 8.42 Å². The van der Waals surface area contributed by atoms with Gasteiger partial charge in [0.1, 0.15) is 0 Å². The van der Waals surface area contributed by atoms with Gasteiger partial charge in [-0.1, -0.05) is 6.92 Å². The van der Waals surface area contributed by atoms with Crippen LogP contribution >= 0.6 is 0 Å². The second-order valence-electron chi connectivity index (χ2n) is 5.29. The number of hydrogen-bond acceptors (Lipinski definition) is 5. The van der Waals surface area contributed by atoms with Gasteiger partial charge in [-0.05, 0) is 18.8 Å². The molecule has 1 atom stereocenters. The summed E-state index contributed by atoms with van der Waals surface area (Å²) in [5.41, 5.74) is 0.670. The molecule has 1 aliphatic rings. The zero-order valence-electron chi connectivity index (χ0n) is 11.8. The highest BCUT2D eigenvalue weighted by atomic mass is 32.2. The highest BCUT2D eigenvalue weighted by Gasteiger charge is 2.24. The normalized spacial score (nSPS) is 17.3. The Morgan fingerprint density at radius 3 is 2.95 bits per heavy atom. The maximum absolute atomic E-state index is 12.2. The molecule has 1 unspecified atom stereocenters. The first kappa shape index (κ1) is 15.4. The molecular formula is C12H22N4O3S. The highest BCUT2D eigenvalue weighted by Crippen LogP contribution is 2.20. The molecule has 0 aromatic carbocycles. The van der Waals surface area contributed by atoms with Crippen LogP contribution < -0.4 is 10.0 Å². The number of hydrogen-bond donors (Lipinski definition) is 3. The number of aromatic nitrogens is 2. The summed E-state index contributed by atoms with van der Waals surface area (Å²) in [5.74, 6) is 0.116. The molecule has 0 bridgehead atoms. The lowest BCUT2D eigenvalue weighted by Gasteiger charge is -2.12. The molecule has 1 heterocycles. The molecule has 1 aromatic heterocycles. The summed E-state index contributed by atoms with van der Waals surface area (Å²) in [6, 6.07) is 0.523. The Balaban J connectivity index is 1.95. The van der Waals surface area contributed by atoms with Crippen molar-refractivity contribution in [2.24, 2.45) is 5.92 Å². The van der Waals surface area contributed by atoms with Gasteiger partial charge in [0.25, 0.3) is 10.0 Å². The number of ether oxygens (including phenoxy) is 1. The van der Waals surface area contributed by atoms with Crippen molar-refractivity contribution in [2.45, 2.75) is 37.4 Å². The summed E-state index contributed by atoms with van der Waals surface area (Å²) in [6.07, 6.45) is 3.88. The SMILES string of the molecule is COCC(C)CNS(=O)(=O)c1[nH]ncc1CNC1CC1. The Kier molecular flexibility index (Phi) is 5.14. The van der Waals surface area contributed by atoms with Gasteiger partial charge in [0, 0.05) is 38.4 Å². The fourth-order valence-electron chi connectivity index (χ4n) is 1.87. The summed E-state index contributed by atoms with van der Waals surface area (Å²) in [4.78, 5) is 0. The molecule has 1 saturated carbocycles. The van der Waals surface area contributed by atoms with Gasteiger partial charge in [-0.25, -0.2) is 13.1 Å². The zero-order chi connectivity index (χ0) is 14.6. The van der Waals surface area contributed by atoms with Gasteiger partial charge >= 0.3 is 0 Å². The Hall–Kier alpha value is -0.960. The lowest BCUT2D eigenvalue weighted by molar-refractivity contribution is 0.161. The number of H-pyrrole nitrogens is 1. The van der Waals surface area contributed by atoms with Crippen molar-refractivity contribution in [3.05, 3.63) is 11.8 Å². The smallest absolute Gasteiger partial charge is 0.257 e. The molecule has 1 fully saturated rings. The predicted molar refractivity (Wildman–Crippen MR) is 74.7 cm³/mol. The number of sulfonamides is 1. The molecule has 8 heteroatoms. The van der Waals surface area contributed by atoms with E-state index in [1.807, 2.05) is 6.92 Å². The molecule has 1 aliphatic carbocycles. The largest absolute Gasteiger partial charge is 0.384 e. The molecule has 1 aromatic rings. The summed E-state index contributed by atoms with van der Waals surface area (Å²) >= 11 is 0. The van der Waals surface area contributed by atoms with E-state index in [1.165, 1.54) is 0 Å². The molecule has 0 saturated heterocycles. The molecule has 3 N–H and O–H groups in total. The molecule has 2 rings (SSSR count). The minimum Gasteiger partial charge on any atom is -0.384 e. The summed E-state index contributed by atoms with van der Waals surface area (Å²) in [6.45, 7) is 3.30. The van der Waals surface area contributed by atoms with Crippen LogP contribution in [0.4, 0.5) is 0 Å². The van der Waals surface area contributed by atoms with Gasteiger partial charge in [0.2, 0.25) is 0 Å². The average Bonchev–Trinajstić information content (AvgIpc) is 3.10. The third-order valence-electron chi connectivity index (χ3n) is 3.18. The van der Waals surface area contributed by atoms with Gasteiger partial charge in [-0.2, -0.15) is 5.10 Å². The number of rotatable bonds is 9. The van der Waals surface area contributed by atoms with Crippen molar-refractivity contribution < 1.29 is 13.2 Å². The second kappa shape index (κ2) is 6.66. The monoisotopic (exact) mass is 302 g/mol. The van der Waals surface area contributed by atoms with Crippen LogP contribution in [0.15, 0.2) is 11.2 Å². The van der Waals surface area contributed by atoms with E-state index in [0.717, 1.165) is 12.8 Å². The lowest BCUT2D eigenvalue weighted by atomic mass is 10.2. The van der Waals surface area contributed by atoms with Gasteiger partial charge in [0.15, 0.2) is 5.03 Å². The van der Waals surface area contributed by atoms with Gasteiger partial charge < -0.3 is 10.1 Å². The minimum atomic E-state index is -3.55. The van der Waals surface area contributed by atoms with Crippen LogP contribution in [-0.4, -0.2) is 44.9 Å². The first-order valence-electron chi connectivity index (χ1n) is 6.77. The molecule has 0 spiro atoms. The van der Waals surface area contributed by atoms with Crippen molar-refractivity contribution in [3.8, 4) is 0 Å². The maximum atomic E-state index is 12.2. The standard InChI is InChI=1S/C12H22N4O3S/c1-9(8-19-2)5-15-20(17,18)12-10(7-14-16-12)6-13-11-3-4-11/h7,9,11,13,15H,3-6,8H2,1-2H3,(H,14,16). The highest BCUT2D eigenvalue weighted by molar-refractivity contribution is 7.89. The van der Waals surface area contributed by atoms with Crippen LogP contribution in [0.3, 0.4) is 0 Å². The Morgan fingerprint density at radius 1 is 1.55 bits per heavy atom. The summed E-state index contributed by atoms with van der Waals surface area (Å²) < 4.78 is 32.0. The summed E-state index contributed by atoms with van der Waals surface area (Å²) in [7, 11) is -1.95. The molecule has 0 radical (unpaired) electrons. The number of methoxy groups -OCH3 is 1. The van der Waals surface area contributed by atoms with Crippen LogP contribution in [0.2, 0.25) is 0 Å². The molecular weight excluding hydrogens is 280 g/mol. The first-order chi connectivity index (χ1) is 9.53. The van der Waals surface area contributed by atoms with E-state index in [0.29, 0.717) is 31.3 Å². The first-order valence-corrected chi connectivity index (χ1v) is 8.25. The fourth-order valence-corrected chi connectivity index (χ4v) is 3.16. The van der Waals surface area contributed by atoms with Crippen LogP contribution in [0.5, 0.6) is 0 Å². The molecule has 0 aliphatic heterocycles. The molecule has 20 heavy (non-hydrogen) atoms. The lowest BCUT2D eigenvalue weighted by Crippen LogP contribution is -2.31. The van der Waals surface area contributed by atoms with E-state index >= 15 is 0 Å². The maximum Gasteiger partial charge on any atom is 0.257 e. The van der Waals surface area contributed by atoms with Crippen LogP contribution in [0, 0.1) is 5.92 Å². The Bertz CT molecular complexity index is 525. The fraction of sp³-hybridized carbons (Fsp3) is 0.750. The van der Waals surface area contributed by atoms with Crippen LogP contribution in [-0.2, 0) is 21.3 Å². The summed E-state index contributed by atoms with van der Waals surface area (Å²) in [5, 5.41) is 9.85. The predicted octanol–water partition coefficient (Wildman–Crippen LogP) is 0.223.